The van der Waals surface area contributed by atoms with E-state index in [-0.39, 0.29) is 0 Å². The third kappa shape index (κ3) is 3.07. The zero-order valence-corrected chi connectivity index (χ0v) is 10.2. The molecule has 1 aromatic rings. The highest BCUT2D eigenvalue weighted by atomic mass is 16.3. The van der Waals surface area contributed by atoms with E-state index in [1.54, 1.807) is 0 Å². The Morgan fingerprint density at radius 3 is 2.56 bits per heavy atom. The van der Waals surface area contributed by atoms with Crippen LogP contribution in [0.15, 0.2) is 16.5 Å². The molecule has 1 aromatic heterocycles. The maximum atomic E-state index is 5.74. The molecule has 0 aliphatic carbocycles. The molecule has 1 fully saturated rings. The van der Waals surface area contributed by atoms with Gasteiger partial charge >= 0.3 is 0 Å². The molecule has 90 valence electrons. The molecule has 0 amide bonds. The van der Waals surface area contributed by atoms with E-state index in [9.17, 15) is 0 Å². The van der Waals surface area contributed by atoms with E-state index >= 15 is 0 Å². The molecule has 0 aromatic carbocycles. The minimum Gasteiger partial charge on any atom is -0.463 e. The first-order valence-electron chi connectivity index (χ1n) is 5.91. The number of furan rings is 1. The second-order valence-corrected chi connectivity index (χ2v) is 4.48. The summed E-state index contributed by atoms with van der Waals surface area (Å²) in [5.41, 5.74) is 0. The molecule has 1 aliphatic heterocycles. The van der Waals surface area contributed by atoms with Gasteiger partial charge in [0.2, 0.25) is 0 Å². The van der Waals surface area contributed by atoms with Crippen LogP contribution in [-0.4, -0.2) is 50.1 Å². The normalized spacial score (nSPS) is 19.1. The van der Waals surface area contributed by atoms with Crippen LogP contribution in [-0.2, 0) is 13.1 Å². The van der Waals surface area contributed by atoms with Crippen molar-refractivity contribution in [3.63, 3.8) is 0 Å². The molecule has 0 atom stereocenters. The fourth-order valence-electron chi connectivity index (χ4n) is 2.00. The molecule has 0 saturated carbocycles. The van der Waals surface area contributed by atoms with Crippen LogP contribution in [0, 0.1) is 0 Å². The fraction of sp³-hybridized carbons (Fsp3) is 0.667. The van der Waals surface area contributed by atoms with Gasteiger partial charge < -0.3 is 14.6 Å². The van der Waals surface area contributed by atoms with Crippen LogP contribution in [0.25, 0.3) is 0 Å². The smallest absolute Gasteiger partial charge is 0.118 e. The van der Waals surface area contributed by atoms with Crippen molar-refractivity contribution in [2.75, 3.05) is 40.3 Å². The molecule has 0 bridgehead atoms. The average Bonchev–Trinajstić information content (AvgIpc) is 2.70. The van der Waals surface area contributed by atoms with Crippen molar-refractivity contribution in [2.24, 2.45) is 0 Å². The van der Waals surface area contributed by atoms with E-state index < -0.39 is 0 Å². The molecule has 16 heavy (non-hydrogen) atoms. The van der Waals surface area contributed by atoms with Crippen LogP contribution in [0.5, 0.6) is 0 Å². The third-order valence-electron chi connectivity index (χ3n) is 3.04. The summed E-state index contributed by atoms with van der Waals surface area (Å²) >= 11 is 0. The molecule has 2 heterocycles. The maximum Gasteiger partial charge on any atom is 0.118 e. The molecule has 4 heteroatoms. The monoisotopic (exact) mass is 223 g/mol. The van der Waals surface area contributed by atoms with E-state index in [1.165, 1.54) is 0 Å². The number of hydrogen-bond acceptors (Lipinski definition) is 4. The van der Waals surface area contributed by atoms with E-state index in [1.807, 2.05) is 7.05 Å². The molecule has 0 unspecified atom stereocenters. The van der Waals surface area contributed by atoms with E-state index in [4.69, 9.17) is 4.42 Å². The van der Waals surface area contributed by atoms with Gasteiger partial charge in [-0.05, 0) is 26.2 Å². The first-order chi connectivity index (χ1) is 7.78. The van der Waals surface area contributed by atoms with Gasteiger partial charge in [0.25, 0.3) is 0 Å². The summed E-state index contributed by atoms with van der Waals surface area (Å²) in [7, 11) is 4.11. The van der Waals surface area contributed by atoms with Gasteiger partial charge in [0.1, 0.15) is 11.5 Å². The van der Waals surface area contributed by atoms with Crippen LogP contribution < -0.4 is 5.32 Å². The highest BCUT2D eigenvalue weighted by Crippen LogP contribution is 2.11. The van der Waals surface area contributed by atoms with Gasteiger partial charge in [0.15, 0.2) is 0 Å². The molecule has 4 nitrogen and oxygen atoms in total. The standard InChI is InChI=1S/C12H21N3O/c1-13-9-11-3-4-12(16-11)10-15-7-5-14(2)6-8-15/h3-4,13H,5-10H2,1-2H3. The summed E-state index contributed by atoms with van der Waals surface area (Å²) in [6.45, 7) is 6.34. The number of nitrogens with one attached hydrogen (secondary N) is 1. The van der Waals surface area contributed by atoms with Crippen LogP contribution in [0.2, 0.25) is 0 Å². The molecule has 1 saturated heterocycles. The Balaban J connectivity index is 1.83. The Hall–Kier alpha value is -0.840. The third-order valence-corrected chi connectivity index (χ3v) is 3.04. The quantitative estimate of drug-likeness (QED) is 0.816. The molecule has 0 spiro atoms. The second-order valence-electron chi connectivity index (χ2n) is 4.48. The molecule has 1 N–H and O–H groups in total. The minimum atomic E-state index is 0.808. The Bertz CT molecular complexity index is 316. The minimum absolute atomic E-state index is 0.808. The molecular weight excluding hydrogens is 202 g/mol. The predicted octanol–water partition coefficient (Wildman–Crippen LogP) is 0.746. The summed E-state index contributed by atoms with van der Waals surface area (Å²) in [6, 6.07) is 4.15. The van der Waals surface area contributed by atoms with Crippen molar-refractivity contribution in [3.05, 3.63) is 23.7 Å². The van der Waals surface area contributed by atoms with Crippen molar-refractivity contribution in [1.29, 1.82) is 0 Å². The first-order valence-corrected chi connectivity index (χ1v) is 5.91. The van der Waals surface area contributed by atoms with Crippen LogP contribution >= 0.6 is 0 Å². The lowest BCUT2D eigenvalue weighted by molar-refractivity contribution is 0.139. The van der Waals surface area contributed by atoms with Crippen molar-refractivity contribution in [1.82, 2.24) is 15.1 Å². The topological polar surface area (TPSA) is 31.6 Å². The Labute approximate surface area is 97.2 Å². The van der Waals surface area contributed by atoms with Gasteiger partial charge in [-0.1, -0.05) is 0 Å². The average molecular weight is 223 g/mol. The summed E-state index contributed by atoms with van der Waals surface area (Å²) < 4.78 is 5.74. The van der Waals surface area contributed by atoms with Gasteiger partial charge in [-0.3, -0.25) is 4.90 Å². The maximum absolute atomic E-state index is 5.74. The highest BCUT2D eigenvalue weighted by Gasteiger charge is 2.15. The fourth-order valence-corrected chi connectivity index (χ4v) is 2.00. The Kier molecular flexibility index (Phi) is 3.98. The van der Waals surface area contributed by atoms with E-state index in [0.717, 1.165) is 50.8 Å². The highest BCUT2D eigenvalue weighted by molar-refractivity contribution is 5.07. The number of piperazine rings is 1. The van der Waals surface area contributed by atoms with Gasteiger partial charge in [0.05, 0.1) is 13.1 Å². The van der Waals surface area contributed by atoms with Crippen molar-refractivity contribution in [3.8, 4) is 0 Å². The Morgan fingerprint density at radius 2 is 1.88 bits per heavy atom. The summed E-state index contributed by atoms with van der Waals surface area (Å²) in [5, 5.41) is 3.09. The molecule has 2 rings (SSSR count). The summed E-state index contributed by atoms with van der Waals surface area (Å²) in [5.74, 6) is 2.10. The lowest BCUT2D eigenvalue weighted by Gasteiger charge is -2.31. The number of nitrogens with zero attached hydrogens (tertiary/aromatic N) is 2. The van der Waals surface area contributed by atoms with Crippen molar-refractivity contribution >= 4 is 0 Å². The summed E-state index contributed by atoms with van der Waals surface area (Å²) in [6.07, 6.45) is 0. The van der Waals surface area contributed by atoms with Gasteiger partial charge in [-0.15, -0.1) is 0 Å². The van der Waals surface area contributed by atoms with Crippen LogP contribution in [0.1, 0.15) is 11.5 Å². The van der Waals surface area contributed by atoms with Crippen LogP contribution in [0.3, 0.4) is 0 Å². The van der Waals surface area contributed by atoms with E-state index in [2.05, 4.69) is 34.3 Å². The lowest BCUT2D eigenvalue weighted by Crippen LogP contribution is -2.43. The SMILES string of the molecule is CNCc1ccc(CN2CCN(C)CC2)o1. The predicted molar refractivity (Wildman–Crippen MR) is 64.2 cm³/mol. The van der Waals surface area contributed by atoms with Gasteiger partial charge in [-0.2, -0.15) is 0 Å². The van der Waals surface area contributed by atoms with Crippen molar-refractivity contribution < 1.29 is 4.42 Å². The zero-order valence-electron chi connectivity index (χ0n) is 10.2. The van der Waals surface area contributed by atoms with Gasteiger partial charge in [-0.25, -0.2) is 0 Å². The number of likely N-dealkylation sites (N-methyl/N-ethyl adjacent to an activating group) is 1. The first kappa shape index (κ1) is 11.6. The van der Waals surface area contributed by atoms with Crippen LogP contribution in [0.4, 0.5) is 0 Å². The number of rotatable bonds is 4. The lowest BCUT2D eigenvalue weighted by atomic mass is 10.3. The zero-order chi connectivity index (χ0) is 11.4. The largest absolute Gasteiger partial charge is 0.463 e. The van der Waals surface area contributed by atoms with Crippen molar-refractivity contribution in [2.45, 2.75) is 13.1 Å². The molecule has 0 radical (unpaired) electrons. The summed E-state index contributed by atoms with van der Waals surface area (Å²) in [4.78, 5) is 4.81. The number of hydrogen-bond donors (Lipinski definition) is 1. The Morgan fingerprint density at radius 1 is 1.19 bits per heavy atom. The van der Waals surface area contributed by atoms with E-state index in [0.29, 0.717) is 0 Å². The van der Waals surface area contributed by atoms with Gasteiger partial charge in [0, 0.05) is 26.2 Å². The molecular formula is C12H21N3O. The second kappa shape index (κ2) is 5.48. The molecule has 1 aliphatic rings.